The quantitative estimate of drug-likeness (QED) is 0.642. The summed E-state index contributed by atoms with van der Waals surface area (Å²) in [6, 6.07) is 0. The van der Waals surface area contributed by atoms with Crippen molar-refractivity contribution in [1.29, 1.82) is 0 Å². The van der Waals surface area contributed by atoms with Crippen molar-refractivity contribution in [2.45, 2.75) is 53.5 Å². The Hall–Kier alpha value is -0.370. The maximum absolute atomic E-state index is 11.8. The molecule has 15 heavy (non-hydrogen) atoms. The van der Waals surface area contributed by atoms with Gasteiger partial charge in [-0.3, -0.25) is 4.79 Å². The van der Waals surface area contributed by atoms with Gasteiger partial charge in [-0.25, -0.2) is 0 Å². The number of nitrogens with one attached hydrogen (secondary N) is 1. The Labute approximate surface area is 94.0 Å². The van der Waals surface area contributed by atoms with Gasteiger partial charge in [0.05, 0.1) is 12.1 Å². The van der Waals surface area contributed by atoms with Crippen molar-refractivity contribution in [2.24, 2.45) is 11.3 Å². The van der Waals surface area contributed by atoms with Gasteiger partial charge in [-0.1, -0.05) is 20.8 Å². The molecule has 88 valence electrons. The zero-order valence-corrected chi connectivity index (χ0v) is 11.1. The molecule has 0 aromatic carbocycles. The molecule has 1 heterocycles. The molecule has 0 radical (unpaired) electrons. The Balaban J connectivity index is 2.77. The maximum atomic E-state index is 11.8. The average Bonchev–Trinajstić information content (AvgIpc) is 1.99. The number of Topliss-reactive ketones (excluding diaryl/α,β-unsaturated/α-hetero) is 1. The first-order valence-electron chi connectivity index (χ1n) is 5.97. The van der Waals surface area contributed by atoms with Gasteiger partial charge in [-0.05, 0) is 26.2 Å². The summed E-state index contributed by atoms with van der Waals surface area (Å²) in [7, 11) is 0. The molecule has 0 saturated carbocycles. The van der Waals surface area contributed by atoms with Crippen molar-refractivity contribution < 1.29 is 9.69 Å². The molecule has 1 rings (SSSR count). The van der Waals surface area contributed by atoms with E-state index >= 15 is 0 Å². The van der Waals surface area contributed by atoms with Crippen molar-refractivity contribution in [2.75, 3.05) is 13.1 Å². The normalized spacial score (nSPS) is 29.3. The van der Waals surface area contributed by atoms with Crippen LogP contribution in [-0.4, -0.2) is 24.4 Å². The fourth-order valence-electron chi connectivity index (χ4n) is 2.21. The Morgan fingerprint density at radius 1 is 1.13 bits per heavy atom. The highest BCUT2D eigenvalue weighted by Crippen LogP contribution is 2.29. The van der Waals surface area contributed by atoms with E-state index in [0.29, 0.717) is 11.7 Å². The molecular weight excluding hydrogens is 186 g/mol. The number of ketones is 1. The molecule has 0 aromatic rings. The molecule has 2 atom stereocenters. The summed E-state index contributed by atoms with van der Waals surface area (Å²) < 4.78 is 0. The third-order valence-corrected chi connectivity index (χ3v) is 3.66. The van der Waals surface area contributed by atoms with Gasteiger partial charge in [0.2, 0.25) is 0 Å². The van der Waals surface area contributed by atoms with E-state index in [1.807, 2.05) is 0 Å². The van der Waals surface area contributed by atoms with Crippen LogP contribution in [0.5, 0.6) is 0 Å². The standard InChI is InChI=1S/C13H25NO/c1-12(2,3)10-7-11(15)9-14(8-10)13(4,5)6/h10H,7-9H2,1-6H3/p+1/t10-/m1/s1. The van der Waals surface area contributed by atoms with Crippen LogP contribution in [0.25, 0.3) is 0 Å². The third kappa shape index (κ3) is 3.30. The lowest BCUT2D eigenvalue weighted by atomic mass is 9.75. The Morgan fingerprint density at radius 2 is 1.67 bits per heavy atom. The number of piperidine rings is 1. The molecule has 0 aliphatic carbocycles. The maximum Gasteiger partial charge on any atom is 0.187 e. The first-order chi connectivity index (χ1) is 6.60. The van der Waals surface area contributed by atoms with E-state index in [9.17, 15) is 4.79 Å². The number of carbonyl (C=O) groups excluding carboxylic acids is 1. The van der Waals surface area contributed by atoms with Gasteiger partial charge in [0.25, 0.3) is 0 Å². The second-order valence-corrected chi connectivity index (χ2v) is 7.04. The summed E-state index contributed by atoms with van der Waals surface area (Å²) in [5.41, 5.74) is 0.451. The van der Waals surface area contributed by atoms with Gasteiger partial charge < -0.3 is 4.90 Å². The van der Waals surface area contributed by atoms with Crippen LogP contribution in [-0.2, 0) is 4.79 Å². The summed E-state index contributed by atoms with van der Waals surface area (Å²) >= 11 is 0. The lowest BCUT2D eigenvalue weighted by Gasteiger charge is -2.41. The van der Waals surface area contributed by atoms with E-state index in [1.165, 1.54) is 4.90 Å². The van der Waals surface area contributed by atoms with Crippen LogP contribution in [0.3, 0.4) is 0 Å². The van der Waals surface area contributed by atoms with Crippen molar-refractivity contribution in [3.8, 4) is 0 Å². The van der Waals surface area contributed by atoms with Crippen molar-refractivity contribution >= 4 is 5.78 Å². The minimum Gasteiger partial charge on any atom is -0.324 e. The molecule has 1 saturated heterocycles. The van der Waals surface area contributed by atoms with Gasteiger partial charge in [0, 0.05) is 12.3 Å². The summed E-state index contributed by atoms with van der Waals surface area (Å²) in [6.07, 6.45) is 0.781. The van der Waals surface area contributed by atoms with Crippen molar-refractivity contribution in [1.82, 2.24) is 0 Å². The van der Waals surface area contributed by atoms with Gasteiger partial charge in [-0.2, -0.15) is 0 Å². The highest BCUT2D eigenvalue weighted by Gasteiger charge is 2.39. The number of hydrogen-bond acceptors (Lipinski definition) is 1. The monoisotopic (exact) mass is 212 g/mol. The Kier molecular flexibility index (Phi) is 3.30. The third-order valence-electron chi connectivity index (χ3n) is 3.66. The SMILES string of the molecule is CC(C)(C)[C@@H]1CC(=O)C[NH+](C(C)(C)C)C1. The minimum absolute atomic E-state index is 0.194. The van der Waals surface area contributed by atoms with Crippen LogP contribution < -0.4 is 4.90 Å². The highest BCUT2D eigenvalue weighted by atomic mass is 16.1. The van der Waals surface area contributed by atoms with Gasteiger partial charge >= 0.3 is 0 Å². The first kappa shape index (κ1) is 12.7. The molecule has 0 amide bonds. The van der Waals surface area contributed by atoms with Gasteiger partial charge in [-0.15, -0.1) is 0 Å². The van der Waals surface area contributed by atoms with Crippen molar-refractivity contribution in [3.05, 3.63) is 0 Å². The van der Waals surface area contributed by atoms with E-state index in [4.69, 9.17) is 0 Å². The molecular formula is C13H26NO+. The molecule has 1 aliphatic rings. The van der Waals surface area contributed by atoms with Crippen molar-refractivity contribution in [3.63, 3.8) is 0 Å². The predicted molar refractivity (Wildman–Crippen MR) is 63.0 cm³/mol. The zero-order chi connectivity index (χ0) is 11.9. The summed E-state index contributed by atoms with van der Waals surface area (Å²) in [5, 5.41) is 0. The molecule has 0 spiro atoms. The van der Waals surface area contributed by atoms with Crippen LogP contribution in [0.4, 0.5) is 0 Å². The summed E-state index contributed by atoms with van der Waals surface area (Å²) in [6.45, 7) is 15.3. The van der Waals surface area contributed by atoms with Gasteiger partial charge in [0.15, 0.2) is 5.78 Å². The number of rotatable bonds is 0. The predicted octanol–water partition coefficient (Wildman–Crippen LogP) is 1.30. The molecule has 1 fully saturated rings. The first-order valence-corrected chi connectivity index (χ1v) is 5.97. The lowest BCUT2D eigenvalue weighted by Crippen LogP contribution is -3.21. The Morgan fingerprint density at radius 3 is 2.07 bits per heavy atom. The number of quaternary nitrogens is 1. The fraction of sp³-hybridized carbons (Fsp3) is 0.923. The van der Waals surface area contributed by atoms with Crippen LogP contribution in [0, 0.1) is 11.3 Å². The van der Waals surface area contributed by atoms with E-state index in [-0.39, 0.29) is 11.0 Å². The molecule has 0 bridgehead atoms. The van der Waals surface area contributed by atoms with E-state index < -0.39 is 0 Å². The number of carbonyl (C=O) groups is 1. The summed E-state index contributed by atoms with van der Waals surface area (Å²) in [5.74, 6) is 0.971. The second kappa shape index (κ2) is 3.89. The van der Waals surface area contributed by atoms with Gasteiger partial charge in [0.1, 0.15) is 6.54 Å². The summed E-state index contributed by atoms with van der Waals surface area (Å²) in [4.78, 5) is 13.2. The van der Waals surface area contributed by atoms with Crippen LogP contribution in [0.1, 0.15) is 48.0 Å². The Bertz CT molecular complexity index is 220. The van der Waals surface area contributed by atoms with Crippen LogP contribution in [0.2, 0.25) is 0 Å². The molecule has 2 heteroatoms. The molecule has 2 nitrogen and oxygen atoms in total. The molecule has 1 aliphatic heterocycles. The van der Waals surface area contributed by atoms with E-state index in [1.54, 1.807) is 0 Å². The second-order valence-electron chi connectivity index (χ2n) is 7.04. The van der Waals surface area contributed by atoms with Crippen LogP contribution in [0.15, 0.2) is 0 Å². The topological polar surface area (TPSA) is 21.5 Å². The molecule has 1 N–H and O–H groups in total. The van der Waals surface area contributed by atoms with Crippen LogP contribution >= 0.6 is 0 Å². The lowest BCUT2D eigenvalue weighted by molar-refractivity contribution is -0.945. The smallest absolute Gasteiger partial charge is 0.187 e. The number of hydrogen-bond donors (Lipinski definition) is 1. The minimum atomic E-state index is 0.194. The zero-order valence-electron chi connectivity index (χ0n) is 11.1. The highest BCUT2D eigenvalue weighted by molar-refractivity contribution is 5.80. The molecule has 1 unspecified atom stereocenters. The van der Waals surface area contributed by atoms with E-state index in [0.717, 1.165) is 19.5 Å². The molecule has 0 aromatic heterocycles. The largest absolute Gasteiger partial charge is 0.324 e. The van der Waals surface area contributed by atoms with E-state index in [2.05, 4.69) is 41.5 Å². The number of likely N-dealkylation sites (tertiary alicyclic amines) is 1. The average molecular weight is 212 g/mol. The fourth-order valence-corrected chi connectivity index (χ4v) is 2.21.